The first-order valence-corrected chi connectivity index (χ1v) is 6.02. The molecule has 1 rings (SSSR count). The van der Waals surface area contributed by atoms with Crippen LogP contribution in [0.25, 0.3) is 0 Å². The molecule has 1 heterocycles. The Morgan fingerprint density at radius 2 is 2.13 bits per heavy atom. The molecule has 88 valence electrons. The zero-order chi connectivity index (χ0) is 11.4. The molecule has 3 heteroatoms. The van der Waals surface area contributed by atoms with Gasteiger partial charge in [0.1, 0.15) is 0 Å². The molecule has 3 nitrogen and oxygen atoms in total. The van der Waals surface area contributed by atoms with Crippen molar-refractivity contribution in [3.63, 3.8) is 0 Å². The van der Waals surface area contributed by atoms with Gasteiger partial charge < -0.3 is 10.2 Å². The Morgan fingerprint density at radius 1 is 1.47 bits per heavy atom. The summed E-state index contributed by atoms with van der Waals surface area (Å²) in [6.45, 7) is 11.4. The largest absolute Gasteiger partial charge is 0.337 e. The standard InChI is InChI=1S/C12H24N2O/c1-9(2)10(3)7-12(15)14-6-5-13-8-11(14)4/h9-11,13H,5-8H2,1-4H3. The van der Waals surface area contributed by atoms with Gasteiger partial charge in [0.25, 0.3) is 0 Å². The van der Waals surface area contributed by atoms with E-state index in [9.17, 15) is 4.79 Å². The van der Waals surface area contributed by atoms with Crippen molar-refractivity contribution in [2.45, 2.75) is 40.2 Å². The van der Waals surface area contributed by atoms with E-state index in [1.807, 2.05) is 4.90 Å². The maximum atomic E-state index is 12.0. The van der Waals surface area contributed by atoms with E-state index in [1.165, 1.54) is 0 Å². The minimum absolute atomic E-state index is 0.324. The SMILES string of the molecule is CC(C)C(C)CC(=O)N1CCNCC1C. The Balaban J connectivity index is 2.45. The predicted molar refractivity (Wildman–Crippen MR) is 62.7 cm³/mol. The van der Waals surface area contributed by atoms with Gasteiger partial charge in [-0.3, -0.25) is 4.79 Å². The molecule has 0 aromatic carbocycles. The van der Waals surface area contributed by atoms with Crippen molar-refractivity contribution >= 4 is 5.91 Å². The molecule has 1 saturated heterocycles. The van der Waals surface area contributed by atoms with E-state index in [0.717, 1.165) is 19.6 Å². The zero-order valence-corrected chi connectivity index (χ0v) is 10.4. The van der Waals surface area contributed by atoms with Gasteiger partial charge in [-0.25, -0.2) is 0 Å². The fourth-order valence-corrected chi connectivity index (χ4v) is 1.84. The van der Waals surface area contributed by atoms with E-state index in [2.05, 4.69) is 33.0 Å². The maximum absolute atomic E-state index is 12.0. The first-order chi connectivity index (χ1) is 7.02. The lowest BCUT2D eigenvalue weighted by atomic mass is 9.94. The zero-order valence-electron chi connectivity index (χ0n) is 10.4. The van der Waals surface area contributed by atoms with Gasteiger partial charge in [0.15, 0.2) is 0 Å². The smallest absolute Gasteiger partial charge is 0.223 e. The van der Waals surface area contributed by atoms with E-state index in [4.69, 9.17) is 0 Å². The molecule has 0 aliphatic carbocycles. The molecule has 2 unspecified atom stereocenters. The van der Waals surface area contributed by atoms with Gasteiger partial charge in [-0.15, -0.1) is 0 Å². The van der Waals surface area contributed by atoms with Crippen LogP contribution in [-0.2, 0) is 4.79 Å². The molecule has 0 aromatic rings. The molecule has 1 N–H and O–H groups in total. The Morgan fingerprint density at radius 3 is 2.67 bits per heavy atom. The van der Waals surface area contributed by atoms with Crippen LogP contribution in [0.15, 0.2) is 0 Å². The van der Waals surface area contributed by atoms with Crippen LogP contribution in [0.1, 0.15) is 34.1 Å². The lowest BCUT2D eigenvalue weighted by Crippen LogP contribution is -2.52. The predicted octanol–water partition coefficient (Wildman–Crippen LogP) is 1.49. The molecule has 0 radical (unpaired) electrons. The summed E-state index contributed by atoms with van der Waals surface area (Å²) < 4.78 is 0. The van der Waals surface area contributed by atoms with Crippen molar-refractivity contribution in [2.24, 2.45) is 11.8 Å². The van der Waals surface area contributed by atoms with E-state index in [-0.39, 0.29) is 0 Å². The third-order valence-corrected chi connectivity index (χ3v) is 3.46. The summed E-state index contributed by atoms with van der Waals surface area (Å²) in [6.07, 6.45) is 0.696. The van der Waals surface area contributed by atoms with Crippen LogP contribution in [0.2, 0.25) is 0 Å². The van der Waals surface area contributed by atoms with Crippen LogP contribution in [0.4, 0.5) is 0 Å². The van der Waals surface area contributed by atoms with Crippen LogP contribution in [0, 0.1) is 11.8 Å². The van der Waals surface area contributed by atoms with E-state index in [1.54, 1.807) is 0 Å². The molecule has 1 fully saturated rings. The highest BCUT2D eigenvalue weighted by Gasteiger charge is 2.24. The summed E-state index contributed by atoms with van der Waals surface area (Å²) in [5.41, 5.74) is 0. The van der Waals surface area contributed by atoms with Crippen LogP contribution >= 0.6 is 0 Å². The van der Waals surface area contributed by atoms with Crippen molar-refractivity contribution in [1.82, 2.24) is 10.2 Å². The van der Waals surface area contributed by atoms with Crippen molar-refractivity contribution in [1.29, 1.82) is 0 Å². The minimum atomic E-state index is 0.324. The molecule has 1 aliphatic rings. The van der Waals surface area contributed by atoms with Crippen LogP contribution < -0.4 is 5.32 Å². The fraction of sp³-hybridized carbons (Fsp3) is 0.917. The average Bonchev–Trinajstić information content (AvgIpc) is 2.18. The molecule has 0 spiro atoms. The van der Waals surface area contributed by atoms with Gasteiger partial charge in [-0.1, -0.05) is 20.8 Å². The number of nitrogens with one attached hydrogen (secondary N) is 1. The average molecular weight is 212 g/mol. The summed E-state index contributed by atoms with van der Waals surface area (Å²) >= 11 is 0. The third kappa shape index (κ3) is 3.49. The quantitative estimate of drug-likeness (QED) is 0.768. The van der Waals surface area contributed by atoms with Crippen molar-refractivity contribution < 1.29 is 4.79 Å². The van der Waals surface area contributed by atoms with E-state index >= 15 is 0 Å². The molecular weight excluding hydrogens is 188 g/mol. The summed E-state index contributed by atoms with van der Waals surface area (Å²) in [4.78, 5) is 14.0. The van der Waals surface area contributed by atoms with Crippen molar-refractivity contribution in [2.75, 3.05) is 19.6 Å². The highest BCUT2D eigenvalue weighted by Crippen LogP contribution is 2.16. The number of rotatable bonds is 3. The minimum Gasteiger partial charge on any atom is -0.337 e. The summed E-state index contributed by atoms with van der Waals surface area (Å²) in [5, 5.41) is 3.30. The highest BCUT2D eigenvalue weighted by molar-refractivity contribution is 5.76. The lowest BCUT2D eigenvalue weighted by molar-refractivity contribution is -0.135. The van der Waals surface area contributed by atoms with Gasteiger partial charge >= 0.3 is 0 Å². The molecular formula is C12H24N2O. The van der Waals surface area contributed by atoms with E-state index in [0.29, 0.717) is 30.2 Å². The second-order valence-corrected chi connectivity index (χ2v) is 5.07. The monoisotopic (exact) mass is 212 g/mol. The van der Waals surface area contributed by atoms with Gasteiger partial charge in [0, 0.05) is 32.1 Å². The first-order valence-electron chi connectivity index (χ1n) is 6.02. The van der Waals surface area contributed by atoms with Crippen LogP contribution in [-0.4, -0.2) is 36.5 Å². The Bertz CT molecular complexity index is 216. The van der Waals surface area contributed by atoms with Gasteiger partial charge in [-0.05, 0) is 18.8 Å². The number of piperazine rings is 1. The summed E-state index contributed by atoms with van der Waals surface area (Å²) in [7, 11) is 0. The second-order valence-electron chi connectivity index (χ2n) is 5.07. The Kier molecular flexibility index (Phi) is 4.58. The van der Waals surface area contributed by atoms with Gasteiger partial charge in [0.05, 0.1) is 0 Å². The van der Waals surface area contributed by atoms with Gasteiger partial charge in [0.2, 0.25) is 5.91 Å². The number of hydrogen-bond donors (Lipinski definition) is 1. The molecule has 0 aromatic heterocycles. The normalized spacial score (nSPS) is 24.3. The highest BCUT2D eigenvalue weighted by atomic mass is 16.2. The number of hydrogen-bond acceptors (Lipinski definition) is 2. The Hall–Kier alpha value is -0.570. The van der Waals surface area contributed by atoms with Crippen molar-refractivity contribution in [3.05, 3.63) is 0 Å². The second kappa shape index (κ2) is 5.50. The van der Waals surface area contributed by atoms with Crippen LogP contribution in [0.5, 0.6) is 0 Å². The number of amides is 1. The molecule has 0 saturated carbocycles. The first kappa shape index (κ1) is 12.5. The molecule has 0 bridgehead atoms. The maximum Gasteiger partial charge on any atom is 0.223 e. The fourth-order valence-electron chi connectivity index (χ4n) is 1.84. The number of carbonyl (C=O) groups is 1. The van der Waals surface area contributed by atoms with E-state index < -0.39 is 0 Å². The van der Waals surface area contributed by atoms with Crippen LogP contribution in [0.3, 0.4) is 0 Å². The molecule has 2 atom stereocenters. The molecule has 15 heavy (non-hydrogen) atoms. The van der Waals surface area contributed by atoms with Crippen molar-refractivity contribution in [3.8, 4) is 0 Å². The summed E-state index contributed by atoms with van der Waals surface area (Å²) in [5.74, 6) is 1.40. The van der Waals surface area contributed by atoms with Gasteiger partial charge in [-0.2, -0.15) is 0 Å². The molecule has 1 amide bonds. The topological polar surface area (TPSA) is 32.3 Å². The molecule has 1 aliphatic heterocycles. The Labute approximate surface area is 93.2 Å². The third-order valence-electron chi connectivity index (χ3n) is 3.46. The lowest BCUT2D eigenvalue weighted by Gasteiger charge is -2.35. The summed E-state index contributed by atoms with van der Waals surface area (Å²) in [6, 6.07) is 0.352. The number of carbonyl (C=O) groups excluding carboxylic acids is 1. The number of nitrogens with zero attached hydrogens (tertiary/aromatic N) is 1.